The van der Waals surface area contributed by atoms with Gasteiger partial charge < -0.3 is 4.90 Å². The Labute approximate surface area is 133 Å². The van der Waals surface area contributed by atoms with Gasteiger partial charge in [0.05, 0.1) is 6.26 Å². The van der Waals surface area contributed by atoms with Gasteiger partial charge in [-0.3, -0.25) is 4.79 Å². The Morgan fingerprint density at radius 1 is 1.27 bits per heavy atom. The van der Waals surface area contributed by atoms with Crippen LogP contribution in [0.15, 0.2) is 24.3 Å². The molecule has 1 aromatic carbocycles. The fourth-order valence-corrected chi connectivity index (χ4v) is 3.74. The Morgan fingerprint density at radius 3 is 2.41 bits per heavy atom. The summed E-state index contributed by atoms with van der Waals surface area (Å²) >= 11 is 0. The molecule has 0 unspecified atom stereocenters. The highest BCUT2D eigenvalue weighted by atomic mass is 32.2. The van der Waals surface area contributed by atoms with Gasteiger partial charge >= 0.3 is 0 Å². The van der Waals surface area contributed by atoms with Crippen LogP contribution in [0.25, 0.3) is 0 Å². The van der Waals surface area contributed by atoms with Crippen molar-refractivity contribution in [3.05, 3.63) is 35.4 Å². The van der Waals surface area contributed by atoms with Crippen LogP contribution in [0.4, 0.5) is 0 Å². The molecule has 1 aliphatic heterocycles. The number of benzene rings is 1. The van der Waals surface area contributed by atoms with Crippen LogP contribution < -0.4 is 0 Å². The molecule has 0 radical (unpaired) electrons. The summed E-state index contributed by atoms with van der Waals surface area (Å²) in [7, 11) is -1.32. The summed E-state index contributed by atoms with van der Waals surface area (Å²) in [6, 6.07) is 8.04. The first-order chi connectivity index (χ1) is 10.3. The Morgan fingerprint density at radius 2 is 1.86 bits per heavy atom. The molecule has 22 heavy (non-hydrogen) atoms. The van der Waals surface area contributed by atoms with Crippen molar-refractivity contribution in [2.45, 2.75) is 26.3 Å². The fraction of sp³-hybridized carbons (Fsp3) is 0.562. The van der Waals surface area contributed by atoms with Crippen molar-refractivity contribution < 1.29 is 13.2 Å². The molecule has 1 saturated heterocycles. The monoisotopic (exact) mass is 324 g/mol. The van der Waals surface area contributed by atoms with Gasteiger partial charge in [0.2, 0.25) is 15.9 Å². The lowest BCUT2D eigenvalue weighted by Gasteiger charge is -2.32. The Bertz CT molecular complexity index is 635. The van der Waals surface area contributed by atoms with Crippen LogP contribution in [0.5, 0.6) is 0 Å². The first-order valence-electron chi connectivity index (χ1n) is 7.53. The Kier molecular flexibility index (Phi) is 5.24. The lowest BCUT2D eigenvalue weighted by Crippen LogP contribution is -2.43. The lowest BCUT2D eigenvalue weighted by atomic mass is 9.96. The highest BCUT2D eigenvalue weighted by molar-refractivity contribution is 7.88. The molecule has 1 amide bonds. The predicted molar refractivity (Wildman–Crippen MR) is 86.8 cm³/mol. The van der Waals surface area contributed by atoms with Gasteiger partial charge in [-0.1, -0.05) is 24.3 Å². The van der Waals surface area contributed by atoms with Crippen LogP contribution in [0.2, 0.25) is 0 Å². The number of amides is 1. The summed E-state index contributed by atoms with van der Waals surface area (Å²) in [6.07, 6.45) is 2.42. The number of hydrogen-bond donors (Lipinski definition) is 0. The van der Waals surface area contributed by atoms with Crippen LogP contribution in [0.3, 0.4) is 0 Å². The smallest absolute Gasteiger partial charge is 0.225 e. The molecule has 0 aromatic heterocycles. The van der Waals surface area contributed by atoms with Crippen molar-refractivity contribution in [1.29, 1.82) is 0 Å². The topological polar surface area (TPSA) is 57.7 Å². The van der Waals surface area contributed by atoms with Gasteiger partial charge in [0.1, 0.15) is 0 Å². The molecule has 1 fully saturated rings. The van der Waals surface area contributed by atoms with E-state index in [4.69, 9.17) is 0 Å². The van der Waals surface area contributed by atoms with Crippen molar-refractivity contribution in [2.75, 3.05) is 26.4 Å². The van der Waals surface area contributed by atoms with E-state index in [1.165, 1.54) is 16.1 Å². The van der Waals surface area contributed by atoms with E-state index < -0.39 is 10.0 Å². The normalized spacial score (nSPS) is 17.4. The molecule has 5 nitrogen and oxygen atoms in total. The zero-order chi connectivity index (χ0) is 16.3. The maximum Gasteiger partial charge on any atom is 0.225 e. The van der Waals surface area contributed by atoms with E-state index in [9.17, 15) is 13.2 Å². The van der Waals surface area contributed by atoms with E-state index in [0.29, 0.717) is 32.5 Å². The molecule has 0 aliphatic carbocycles. The van der Waals surface area contributed by atoms with Crippen molar-refractivity contribution in [3.8, 4) is 0 Å². The lowest BCUT2D eigenvalue weighted by molar-refractivity contribution is -0.135. The van der Waals surface area contributed by atoms with Crippen molar-refractivity contribution in [2.24, 2.45) is 5.92 Å². The van der Waals surface area contributed by atoms with E-state index in [-0.39, 0.29) is 11.8 Å². The zero-order valence-electron chi connectivity index (χ0n) is 13.4. The zero-order valence-corrected chi connectivity index (χ0v) is 14.3. The highest BCUT2D eigenvalue weighted by Crippen LogP contribution is 2.22. The quantitative estimate of drug-likeness (QED) is 0.846. The first kappa shape index (κ1) is 17.0. The van der Waals surface area contributed by atoms with Crippen molar-refractivity contribution >= 4 is 15.9 Å². The fourth-order valence-electron chi connectivity index (χ4n) is 2.87. The van der Waals surface area contributed by atoms with Gasteiger partial charge in [-0.05, 0) is 30.9 Å². The van der Waals surface area contributed by atoms with E-state index >= 15 is 0 Å². The number of aryl methyl sites for hydroxylation is 1. The van der Waals surface area contributed by atoms with Crippen LogP contribution in [0, 0.1) is 12.8 Å². The minimum absolute atomic E-state index is 0.0768. The number of nitrogens with zero attached hydrogens (tertiary/aromatic N) is 2. The number of piperidine rings is 1. The number of rotatable bonds is 4. The third kappa shape index (κ3) is 4.08. The third-order valence-electron chi connectivity index (χ3n) is 4.32. The average molecular weight is 324 g/mol. The van der Waals surface area contributed by atoms with Crippen LogP contribution in [0.1, 0.15) is 24.0 Å². The Balaban J connectivity index is 1.94. The minimum Gasteiger partial charge on any atom is -0.341 e. The predicted octanol–water partition coefficient (Wildman–Crippen LogP) is 1.63. The summed E-state index contributed by atoms with van der Waals surface area (Å²) in [4.78, 5) is 14.3. The first-order valence-corrected chi connectivity index (χ1v) is 9.38. The summed E-state index contributed by atoms with van der Waals surface area (Å²) in [5, 5.41) is 0. The standard InChI is InChI=1S/C16H24N2O3S/c1-13-6-4-5-7-15(13)12-17(2)16(19)14-8-10-18(11-9-14)22(3,20)21/h4-7,14H,8-12H2,1-3H3. The number of carbonyl (C=O) groups is 1. The molecule has 122 valence electrons. The summed E-state index contributed by atoms with van der Waals surface area (Å²) in [6.45, 7) is 3.51. The number of hydrogen-bond acceptors (Lipinski definition) is 3. The molecular weight excluding hydrogens is 300 g/mol. The minimum atomic E-state index is -3.14. The number of sulfonamides is 1. The summed E-state index contributed by atoms with van der Waals surface area (Å²) in [5.41, 5.74) is 2.32. The van der Waals surface area contributed by atoms with Gasteiger partial charge in [-0.15, -0.1) is 0 Å². The van der Waals surface area contributed by atoms with Crippen LogP contribution in [-0.2, 0) is 21.4 Å². The SMILES string of the molecule is Cc1ccccc1CN(C)C(=O)C1CCN(S(C)(=O)=O)CC1. The molecule has 1 aromatic rings. The average Bonchev–Trinajstić information content (AvgIpc) is 2.48. The van der Waals surface area contributed by atoms with E-state index in [1.807, 2.05) is 38.2 Å². The molecule has 1 aliphatic rings. The molecular formula is C16H24N2O3S. The second-order valence-electron chi connectivity index (χ2n) is 6.06. The molecule has 0 atom stereocenters. The maximum absolute atomic E-state index is 12.5. The Hall–Kier alpha value is -1.40. The van der Waals surface area contributed by atoms with Crippen LogP contribution in [-0.4, -0.2) is 49.9 Å². The van der Waals surface area contributed by atoms with Gasteiger partial charge in [-0.25, -0.2) is 12.7 Å². The van der Waals surface area contributed by atoms with Gasteiger partial charge in [0.25, 0.3) is 0 Å². The molecule has 1 heterocycles. The summed E-state index contributed by atoms with van der Waals surface area (Å²) in [5.74, 6) is 0.0309. The van der Waals surface area contributed by atoms with Crippen molar-refractivity contribution in [1.82, 2.24) is 9.21 Å². The second-order valence-corrected chi connectivity index (χ2v) is 8.04. The van der Waals surface area contributed by atoms with Gasteiger partial charge in [0.15, 0.2) is 0 Å². The second kappa shape index (κ2) is 6.79. The van der Waals surface area contributed by atoms with E-state index in [1.54, 1.807) is 4.90 Å². The van der Waals surface area contributed by atoms with E-state index in [2.05, 4.69) is 0 Å². The number of carbonyl (C=O) groups excluding carboxylic acids is 1. The molecule has 0 bridgehead atoms. The van der Waals surface area contributed by atoms with Crippen LogP contribution >= 0.6 is 0 Å². The van der Waals surface area contributed by atoms with Crippen molar-refractivity contribution in [3.63, 3.8) is 0 Å². The summed E-state index contributed by atoms with van der Waals surface area (Å²) < 4.78 is 24.5. The molecule has 0 spiro atoms. The van der Waals surface area contributed by atoms with Gasteiger partial charge in [0, 0.05) is 32.6 Å². The molecule has 0 saturated carbocycles. The largest absolute Gasteiger partial charge is 0.341 e. The maximum atomic E-state index is 12.5. The van der Waals surface area contributed by atoms with E-state index in [0.717, 1.165) is 5.56 Å². The molecule has 6 heteroatoms. The van der Waals surface area contributed by atoms with Gasteiger partial charge in [-0.2, -0.15) is 0 Å². The molecule has 0 N–H and O–H groups in total. The third-order valence-corrected chi connectivity index (χ3v) is 5.62. The highest BCUT2D eigenvalue weighted by Gasteiger charge is 2.30. The molecule has 2 rings (SSSR count).